The monoisotopic (exact) mass is 361 g/mol. The molecule has 5 rings (SSSR count). The highest BCUT2D eigenvalue weighted by Gasteiger charge is 2.28. The molecule has 0 aliphatic heterocycles. The van der Waals surface area contributed by atoms with E-state index in [9.17, 15) is 9.59 Å². The van der Waals surface area contributed by atoms with Gasteiger partial charge in [-0.15, -0.1) is 0 Å². The molecule has 5 heteroatoms. The predicted molar refractivity (Wildman–Crippen MR) is 104 cm³/mol. The van der Waals surface area contributed by atoms with Gasteiger partial charge in [0.15, 0.2) is 0 Å². The number of nitrogens with zero attached hydrogens (tertiary/aromatic N) is 3. The first-order valence-corrected chi connectivity index (χ1v) is 9.92. The Morgan fingerprint density at radius 3 is 2.44 bits per heavy atom. The molecule has 0 unspecified atom stereocenters. The van der Waals surface area contributed by atoms with Gasteiger partial charge in [0, 0.05) is 22.6 Å². The summed E-state index contributed by atoms with van der Waals surface area (Å²) in [6.07, 6.45) is 10.3. The Balaban J connectivity index is 1.67. The first-order chi connectivity index (χ1) is 13.3. The van der Waals surface area contributed by atoms with Crippen LogP contribution in [0.5, 0.6) is 0 Å². The molecule has 1 fully saturated rings. The van der Waals surface area contributed by atoms with E-state index in [1.165, 1.54) is 12.0 Å². The van der Waals surface area contributed by atoms with Crippen molar-refractivity contribution in [3.8, 4) is 0 Å². The number of pyridine rings is 1. The number of aldehydes is 1. The molecule has 138 valence electrons. The van der Waals surface area contributed by atoms with E-state index in [-0.39, 0.29) is 5.56 Å². The second-order valence-corrected chi connectivity index (χ2v) is 7.82. The van der Waals surface area contributed by atoms with Crippen LogP contribution in [0.25, 0.3) is 11.0 Å². The molecular weight excluding hydrogens is 338 g/mol. The van der Waals surface area contributed by atoms with Crippen LogP contribution in [0.3, 0.4) is 0 Å². The van der Waals surface area contributed by atoms with E-state index in [0.717, 1.165) is 67.0 Å². The van der Waals surface area contributed by atoms with Crippen LogP contribution < -0.4 is 5.56 Å². The summed E-state index contributed by atoms with van der Waals surface area (Å²) in [4.78, 5) is 24.2. The van der Waals surface area contributed by atoms with Crippen LogP contribution in [0, 0.1) is 0 Å². The molecule has 1 saturated carbocycles. The number of rotatable bonds is 4. The molecule has 27 heavy (non-hydrogen) atoms. The number of fused-ring (bicyclic) bond motifs is 3. The van der Waals surface area contributed by atoms with E-state index in [1.54, 1.807) is 0 Å². The Kier molecular flexibility index (Phi) is 3.96. The van der Waals surface area contributed by atoms with Crippen LogP contribution in [-0.2, 0) is 19.4 Å². The molecule has 2 aliphatic carbocycles. The van der Waals surface area contributed by atoms with Crippen molar-refractivity contribution in [2.45, 2.75) is 57.5 Å². The normalized spacial score (nSPS) is 16.9. The summed E-state index contributed by atoms with van der Waals surface area (Å²) in [5, 5.41) is 5.82. The van der Waals surface area contributed by atoms with Gasteiger partial charge >= 0.3 is 0 Å². The highest BCUT2D eigenvalue weighted by Crippen LogP contribution is 2.35. The summed E-state index contributed by atoms with van der Waals surface area (Å²) in [5.74, 6) is 0. The lowest BCUT2D eigenvalue weighted by molar-refractivity contribution is 0.112. The van der Waals surface area contributed by atoms with Crippen molar-refractivity contribution >= 4 is 17.3 Å². The minimum Gasteiger partial charge on any atom is -0.298 e. The molecule has 0 N–H and O–H groups in total. The van der Waals surface area contributed by atoms with E-state index in [4.69, 9.17) is 0 Å². The third-order valence-corrected chi connectivity index (χ3v) is 6.20. The Bertz CT molecular complexity index is 1070. The zero-order valence-corrected chi connectivity index (χ0v) is 15.4. The molecule has 3 aromatic rings. The summed E-state index contributed by atoms with van der Waals surface area (Å²) in [6, 6.07) is 7.88. The van der Waals surface area contributed by atoms with Gasteiger partial charge in [-0.2, -0.15) is 5.10 Å². The van der Waals surface area contributed by atoms with E-state index in [2.05, 4.69) is 5.10 Å². The number of carbonyl (C=O) groups is 1. The van der Waals surface area contributed by atoms with Crippen LogP contribution in [0.15, 0.2) is 35.3 Å². The maximum Gasteiger partial charge on any atom is 0.255 e. The van der Waals surface area contributed by atoms with Gasteiger partial charge in [0.05, 0.1) is 12.7 Å². The van der Waals surface area contributed by atoms with Crippen molar-refractivity contribution in [2.24, 2.45) is 0 Å². The highest BCUT2D eigenvalue weighted by atomic mass is 16.1. The minimum absolute atomic E-state index is 0.208. The summed E-state index contributed by atoms with van der Waals surface area (Å²) >= 11 is 0. The third kappa shape index (κ3) is 2.64. The van der Waals surface area contributed by atoms with Gasteiger partial charge in [-0.05, 0) is 56.1 Å². The smallest absolute Gasteiger partial charge is 0.255 e. The number of aromatic nitrogens is 3. The van der Waals surface area contributed by atoms with Crippen LogP contribution in [-0.4, -0.2) is 20.6 Å². The molecule has 5 nitrogen and oxygen atoms in total. The molecule has 0 spiro atoms. The van der Waals surface area contributed by atoms with Crippen molar-refractivity contribution in [1.29, 1.82) is 0 Å². The maximum atomic E-state index is 13.3. The lowest BCUT2D eigenvalue weighted by Gasteiger charge is -2.30. The molecule has 0 bridgehead atoms. The molecular formula is C22H23N3O2. The van der Waals surface area contributed by atoms with E-state index >= 15 is 0 Å². The summed E-state index contributed by atoms with van der Waals surface area (Å²) < 4.78 is 4.01. The zero-order valence-electron chi connectivity index (χ0n) is 15.4. The minimum atomic E-state index is 0.208. The van der Waals surface area contributed by atoms with Crippen molar-refractivity contribution in [3.05, 3.63) is 63.1 Å². The topological polar surface area (TPSA) is 56.9 Å². The second kappa shape index (κ2) is 6.48. The second-order valence-electron chi connectivity index (χ2n) is 7.82. The Morgan fingerprint density at radius 1 is 1.04 bits per heavy atom. The number of benzene rings is 1. The van der Waals surface area contributed by atoms with E-state index in [1.807, 2.05) is 39.7 Å². The van der Waals surface area contributed by atoms with Crippen molar-refractivity contribution in [1.82, 2.24) is 14.3 Å². The van der Waals surface area contributed by atoms with E-state index < -0.39 is 0 Å². The quantitative estimate of drug-likeness (QED) is 0.666. The highest BCUT2D eigenvalue weighted by molar-refractivity contribution is 5.81. The first-order valence-electron chi connectivity index (χ1n) is 9.92. The van der Waals surface area contributed by atoms with Crippen LogP contribution >= 0.6 is 0 Å². The lowest BCUT2D eigenvalue weighted by atomic mass is 9.88. The molecule has 2 heterocycles. The molecule has 2 aliphatic rings. The molecule has 1 aromatic carbocycles. The number of carbonyl (C=O) groups excluding carboxylic acids is 1. The van der Waals surface area contributed by atoms with Crippen LogP contribution in [0.4, 0.5) is 0 Å². The summed E-state index contributed by atoms with van der Waals surface area (Å²) in [6.45, 7) is 0.605. The van der Waals surface area contributed by atoms with E-state index in [0.29, 0.717) is 18.2 Å². The fourth-order valence-electron chi connectivity index (χ4n) is 4.50. The molecule has 0 amide bonds. The van der Waals surface area contributed by atoms with Crippen LogP contribution in [0.2, 0.25) is 0 Å². The molecule has 0 radical (unpaired) electrons. The average molecular weight is 361 g/mol. The first kappa shape index (κ1) is 16.5. The maximum absolute atomic E-state index is 13.3. The Morgan fingerprint density at radius 2 is 1.78 bits per heavy atom. The zero-order chi connectivity index (χ0) is 18.4. The molecule has 2 aromatic heterocycles. The van der Waals surface area contributed by atoms with Crippen LogP contribution in [0.1, 0.15) is 65.2 Å². The predicted octanol–water partition coefficient (Wildman–Crippen LogP) is 3.66. The summed E-state index contributed by atoms with van der Waals surface area (Å²) in [5.41, 5.74) is 5.18. The van der Waals surface area contributed by atoms with Gasteiger partial charge in [-0.25, -0.2) is 4.68 Å². The Labute approximate surface area is 157 Å². The third-order valence-electron chi connectivity index (χ3n) is 6.20. The summed E-state index contributed by atoms with van der Waals surface area (Å²) in [7, 11) is 0. The fourth-order valence-corrected chi connectivity index (χ4v) is 4.50. The fraction of sp³-hybridized carbons (Fsp3) is 0.409. The van der Waals surface area contributed by atoms with Crippen molar-refractivity contribution < 1.29 is 4.79 Å². The number of hydrogen-bond acceptors (Lipinski definition) is 3. The van der Waals surface area contributed by atoms with Gasteiger partial charge in [0.1, 0.15) is 11.9 Å². The van der Waals surface area contributed by atoms with Gasteiger partial charge in [0.25, 0.3) is 5.56 Å². The lowest BCUT2D eigenvalue weighted by Crippen LogP contribution is -2.34. The van der Waals surface area contributed by atoms with Gasteiger partial charge in [-0.1, -0.05) is 24.3 Å². The Hall–Kier alpha value is -2.69. The number of hydrogen-bond donors (Lipinski definition) is 0. The van der Waals surface area contributed by atoms with Gasteiger partial charge < -0.3 is 0 Å². The average Bonchev–Trinajstić information content (AvgIpc) is 3.08. The van der Waals surface area contributed by atoms with Crippen molar-refractivity contribution in [3.63, 3.8) is 0 Å². The largest absolute Gasteiger partial charge is 0.298 e. The van der Waals surface area contributed by atoms with Crippen molar-refractivity contribution in [2.75, 3.05) is 0 Å². The van der Waals surface area contributed by atoms with Gasteiger partial charge in [0.2, 0.25) is 0 Å². The van der Waals surface area contributed by atoms with Gasteiger partial charge in [-0.3, -0.25) is 14.2 Å². The standard InChI is InChI=1S/C22H23N3O2/c26-14-16-10-8-15(9-11-16)13-24-21-20(12-23-24)18-6-1-2-7-19(18)22(27)25(21)17-4-3-5-17/h8-12,14,17H,1-7,13H2. The number of aryl methyl sites for hydroxylation is 1. The SMILES string of the molecule is O=Cc1ccc(Cn2ncc3c4c(c(=O)n(C5CCC5)c32)CCCC4)cc1. The molecule has 0 saturated heterocycles. The molecule has 0 atom stereocenters.